The van der Waals surface area contributed by atoms with Crippen molar-refractivity contribution >= 4 is 29.1 Å². The molecule has 1 aromatic carbocycles. The van der Waals surface area contributed by atoms with Crippen LogP contribution in [-0.2, 0) is 4.79 Å². The van der Waals surface area contributed by atoms with Crippen LogP contribution in [0.5, 0.6) is 11.5 Å². The summed E-state index contributed by atoms with van der Waals surface area (Å²) in [5, 5.41) is 3.23. The van der Waals surface area contributed by atoms with Gasteiger partial charge in [-0.1, -0.05) is 11.8 Å². The van der Waals surface area contributed by atoms with E-state index in [1.165, 1.54) is 20.3 Å². The summed E-state index contributed by atoms with van der Waals surface area (Å²) in [5.41, 5.74) is 1.44. The predicted molar refractivity (Wildman–Crippen MR) is 113 cm³/mol. The summed E-state index contributed by atoms with van der Waals surface area (Å²) in [5.74, 6) is 1.56. The maximum absolute atomic E-state index is 12.5. The lowest BCUT2D eigenvalue weighted by Crippen LogP contribution is -2.15. The fourth-order valence-corrected chi connectivity index (χ4v) is 3.72. The Morgan fingerprint density at radius 1 is 1.17 bits per heavy atom. The van der Waals surface area contributed by atoms with Gasteiger partial charge in [0.05, 0.1) is 43.2 Å². The monoisotopic (exact) mass is 427 g/mol. The molecule has 0 spiro atoms. The van der Waals surface area contributed by atoms with Gasteiger partial charge in [0.25, 0.3) is 0 Å². The molecule has 2 aromatic heterocycles. The van der Waals surface area contributed by atoms with Crippen molar-refractivity contribution in [3.63, 3.8) is 0 Å². The van der Waals surface area contributed by atoms with E-state index in [1.807, 2.05) is 0 Å². The minimum absolute atomic E-state index is 0.0452. The van der Waals surface area contributed by atoms with E-state index >= 15 is 0 Å². The van der Waals surface area contributed by atoms with E-state index in [2.05, 4.69) is 15.3 Å². The number of anilines is 1. The fourth-order valence-electron chi connectivity index (χ4n) is 2.79. The predicted octanol–water partition coefficient (Wildman–Crippen LogP) is 4.00. The van der Waals surface area contributed by atoms with Crippen LogP contribution in [0.2, 0.25) is 0 Å². The molecule has 3 rings (SSSR count). The molecule has 3 aromatic rings. The first kappa shape index (κ1) is 21.4. The fraction of sp³-hybridized carbons (Fsp3) is 0.238. The Balaban J connectivity index is 1.79. The van der Waals surface area contributed by atoms with Crippen LogP contribution in [0, 0.1) is 6.92 Å². The van der Waals surface area contributed by atoms with Crippen LogP contribution in [0.3, 0.4) is 0 Å². The lowest BCUT2D eigenvalue weighted by Gasteiger charge is -2.12. The number of ketones is 1. The lowest BCUT2D eigenvalue weighted by atomic mass is 10.2. The Morgan fingerprint density at radius 2 is 1.97 bits per heavy atom. The van der Waals surface area contributed by atoms with Crippen molar-refractivity contribution in [2.24, 2.45) is 0 Å². The van der Waals surface area contributed by atoms with Crippen LogP contribution in [0.4, 0.5) is 5.69 Å². The average Bonchev–Trinajstić information content (AvgIpc) is 3.26. The van der Waals surface area contributed by atoms with E-state index in [0.717, 1.165) is 11.8 Å². The Morgan fingerprint density at radius 3 is 2.60 bits per heavy atom. The van der Waals surface area contributed by atoms with Gasteiger partial charge in [0.1, 0.15) is 16.5 Å². The molecule has 0 saturated heterocycles. The highest BCUT2D eigenvalue weighted by Gasteiger charge is 2.19. The Bertz CT molecular complexity index is 1070. The summed E-state index contributed by atoms with van der Waals surface area (Å²) in [4.78, 5) is 33.5. The van der Waals surface area contributed by atoms with Crippen LogP contribution < -0.4 is 14.8 Å². The summed E-state index contributed by atoms with van der Waals surface area (Å²) in [6.07, 6.45) is 1.52. The largest absolute Gasteiger partial charge is 0.497 e. The average molecular weight is 427 g/mol. The van der Waals surface area contributed by atoms with Gasteiger partial charge in [0, 0.05) is 6.07 Å². The smallest absolute Gasteiger partial charge is 0.234 e. The van der Waals surface area contributed by atoms with Gasteiger partial charge >= 0.3 is 0 Å². The van der Waals surface area contributed by atoms with Crippen molar-refractivity contribution < 1.29 is 23.5 Å². The number of aryl methyl sites for hydroxylation is 1. The maximum Gasteiger partial charge on any atom is 0.234 e. The number of hydrogen-bond acceptors (Lipinski definition) is 8. The number of rotatable bonds is 8. The number of carbonyl (C=O) groups excluding carboxylic acids is 2. The van der Waals surface area contributed by atoms with E-state index in [9.17, 15) is 9.59 Å². The lowest BCUT2D eigenvalue weighted by molar-refractivity contribution is -0.113. The molecule has 0 atom stereocenters. The quantitative estimate of drug-likeness (QED) is 0.327. The highest BCUT2D eigenvalue weighted by molar-refractivity contribution is 8.00. The van der Waals surface area contributed by atoms with E-state index in [1.54, 1.807) is 44.4 Å². The molecule has 9 heteroatoms. The normalized spacial score (nSPS) is 10.5. The van der Waals surface area contributed by atoms with Crippen LogP contribution in [0.25, 0.3) is 11.6 Å². The van der Waals surface area contributed by atoms with Gasteiger partial charge in [-0.2, -0.15) is 0 Å². The molecule has 1 N–H and O–H groups in total. The number of ether oxygens (including phenoxy) is 2. The number of hydrogen-bond donors (Lipinski definition) is 1. The van der Waals surface area contributed by atoms with Gasteiger partial charge in [-0.3, -0.25) is 9.59 Å². The molecular weight excluding hydrogens is 406 g/mol. The van der Waals surface area contributed by atoms with Crippen LogP contribution in [0.1, 0.15) is 23.0 Å². The van der Waals surface area contributed by atoms with Crippen molar-refractivity contribution in [3.8, 4) is 23.1 Å². The minimum Gasteiger partial charge on any atom is -0.497 e. The molecule has 0 radical (unpaired) electrons. The number of benzene rings is 1. The van der Waals surface area contributed by atoms with Gasteiger partial charge < -0.3 is 19.2 Å². The summed E-state index contributed by atoms with van der Waals surface area (Å²) in [6.45, 7) is 3.18. The second-order valence-electron chi connectivity index (χ2n) is 6.25. The van der Waals surface area contributed by atoms with E-state index in [0.29, 0.717) is 45.1 Å². The van der Waals surface area contributed by atoms with Crippen molar-refractivity contribution in [2.75, 3.05) is 25.3 Å². The van der Waals surface area contributed by atoms with Crippen molar-refractivity contribution in [2.45, 2.75) is 18.9 Å². The number of amides is 1. The minimum atomic E-state index is -0.270. The first-order chi connectivity index (χ1) is 14.4. The molecule has 0 aliphatic carbocycles. The van der Waals surface area contributed by atoms with Crippen LogP contribution in [-0.4, -0.2) is 41.6 Å². The number of nitrogens with zero attached hydrogens (tertiary/aromatic N) is 2. The Hall–Kier alpha value is -3.33. The molecule has 0 aliphatic heterocycles. The highest BCUT2D eigenvalue weighted by atomic mass is 32.2. The van der Waals surface area contributed by atoms with Crippen molar-refractivity contribution in [3.05, 3.63) is 47.9 Å². The number of thioether (sulfide) groups is 1. The molecule has 2 heterocycles. The summed E-state index contributed by atoms with van der Waals surface area (Å²) < 4.78 is 15.8. The third-order valence-electron chi connectivity index (χ3n) is 4.17. The molecule has 0 bridgehead atoms. The number of carbonyl (C=O) groups is 2. The van der Waals surface area contributed by atoms with Gasteiger partial charge in [-0.15, -0.1) is 0 Å². The molecule has 1 amide bonds. The number of aromatic nitrogens is 2. The molecule has 30 heavy (non-hydrogen) atoms. The van der Waals surface area contributed by atoms with E-state index < -0.39 is 0 Å². The standard InChI is InChI=1S/C21H21N3O5S/c1-12-19(13(2)25)21(24-20(22-12)16-6-5-9-29-16)30-11-18(26)23-15-8-7-14(27-3)10-17(15)28-4/h5-10H,11H2,1-4H3,(H,23,26). The maximum atomic E-state index is 12.5. The third kappa shape index (κ3) is 4.80. The van der Waals surface area contributed by atoms with Gasteiger partial charge in [0.15, 0.2) is 17.4 Å². The molecule has 8 nitrogen and oxygen atoms in total. The summed E-state index contributed by atoms with van der Waals surface area (Å²) >= 11 is 1.16. The second-order valence-corrected chi connectivity index (χ2v) is 7.21. The number of Topliss-reactive ketones (excluding diaryl/α,β-unsaturated/α-hetero) is 1. The number of methoxy groups -OCH3 is 2. The molecule has 0 aliphatic rings. The summed E-state index contributed by atoms with van der Waals surface area (Å²) in [7, 11) is 3.06. The SMILES string of the molecule is COc1ccc(NC(=O)CSc2nc(-c3ccco3)nc(C)c2C(C)=O)c(OC)c1. The zero-order valence-corrected chi connectivity index (χ0v) is 17.8. The second kappa shape index (κ2) is 9.45. The molecule has 0 unspecified atom stereocenters. The number of furan rings is 1. The molecule has 0 fully saturated rings. The van der Waals surface area contributed by atoms with Gasteiger partial charge in [-0.25, -0.2) is 9.97 Å². The van der Waals surface area contributed by atoms with E-state index in [4.69, 9.17) is 13.9 Å². The highest BCUT2D eigenvalue weighted by Crippen LogP contribution is 2.30. The van der Waals surface area contributed by atoms with E-state index in [-0.39, 0.29) is 17.4 Å². The topological polar surface area (TPSA) is 104 Å². The molecule has 0 saturated carbocycles. The van der Waals surface area contributed by atoms with Crippen molar-refractivity contribution in [1.29, 1.82) is 0 Å². The van der Waals surface area contributed by atoms with Crippen LogP contribution in [0.15, 0.2) is 46.0 Å². The van der Waals surface area contributed by atoms with Crippen molar-refractivity contribution in [1.82, 2.24) is 9.97 Å². The Labute approximate surface area is 178 Å². The molecule has 156 valence electrons. The first-order valence-electron chi connectivity index (χ1n) is 9.01. The first-order valence-corrected chi connectivity index (χ1v) is 9.99. The zero-order chi connectivity index (χ0) is 21.7. The third-order valence-corrected chi connectivity index (χ3v) is 5.15. The number of nitrogens with one attached hydrogen (secondary N) is 1. The van der Waals surface area contributed by atoms with Crippen LogP contribution >= 0.6 is 11.8 Å². The Kier molecular flexibility index (Phi) is 6.73. The molecular formula is C21H21N3O5S. The van der Waals surface area contributed by atoms with Gasteiger partial charge in [-0.05, 0) is 38.1 Å². The van der Waals surface area contributed by atoms with Gasteiger partial charge in [0.2, 0.25) is 5.91 Å². The summed E-state index contributed by atoms with van der Waals surface area (Å²) in [6, 6.07) is 8.57. The zero-order valence-electron chi connectivity index (χ0n) is 17.0.